The van der Waals surface area contributed by atoms with E-state index in [-0.39, 0.29) is 10.9 Å². The van der Waals surface area contributed by atoms with Gasteiger partial charge in [0.05, 0.1) is 35.5 Å². The fraction of sp³-hybridized carbons (Fsp3) is 0.533. The molecule has 3 rings (SSSR count). The second-order valence-electron chi connectivity index (χ2n) is 5.19. The largest absolute Gasteiger partial charge is 0.378 e. The number of para-hydroxylation sites is 2. The normalized spacial score (nSPS) is 21.5. The maximum absolute atomic E-state index is 6.27. The summed E-state index contributed by atoms with van der Waals surface area (Å²) in [6.07, 6.45) is 0. The Hall–Kier alpha value is -1.24. The zero-order valence-corrected chi connectivity index (χ0v) is 13.1. The topological polar surface area (TPSA) is 62.9 Å². The van der Waals surface area contributed by atoms with Crippen LogP contribution < -0.4 is 16.0 Å². The fourth-order valence-electron chi connectivity index (χ4n) is 2.64. The summed E-state index contributed by atoms with van der Waals surface area (Å²) in [4.78, 5) is 7.09. The maximum atomic E-state index is 6.27. The predicted molar refractivity (Wildman–Crippen MR) is 90.7 cm³/mol. The Kier molecular flexibility index (Phi) is 5.00. The summed E-state index contributed by atoms with van der Waals surface area (Å²) in [5, 5.41) is 4.17. The third kappa shape index (κ3) is 3.70. The van der Waals surface area contributed by atoms with Crippen LogP contribution in [-0.2, 0) is 15.6 Å². The van der Waals surface area contributed by atoms with Crippen molar-refractivity contribution in [2.45, 2.75) is 0 Å². The molecule has 114 valence electrons. The monoisotopic (exact) mass is 307 g/mol. The van der Waals surface area contributed by atoms with Gasteiger partial charge in [-0.25, -0.2) is 0 Å². The Morgan fingerprint density at radius 3 is 2.67 bits per heavy atom. The van der Waals surface area contributed by atoms with Gasteiger partial charge in [0.1, 0.15) is 11.5 Å². The molecule has 2 aliphatic heterocycles. The summed E-state index contributed by atoms with van der Waals surface area (Å²) in [7, 11) is 0.119. The molecule has 0 unspecified atom stereocenters. The molecule has 0 amide bonds. The van der Waals surface area contributed by atoms with Gasteiger partial charge in [-0.15, -0.1) is 0 Å². The van der Waals surface area contributed by atoms with E-state index in [0.717, 1.165) is 61.8 Å². The first kappa shape index (κ1) is 14.7. The number of hydrogen-bond donors (Lipinski definition) is 2. The van der Waals surface area contributed by atoms with Crippen LogP contribution in [0.15, 0.2) is 29.3 Å². The van der Waals surface area contributed by atoms with Gasteiger partial charge in [0, 0.05) is 26.2 Å². The number of rotatable bonds is 2. The number of ether oxygens (including phenoxy) is 1. The van der Waals surface area contributed by atoms with Crippen LogP contribution >= 0.6 is 0 Å². The molecule has 0 atom stereocenters. The molecule has 0 bridgehead atoms. The number of amidine groups is 1. The van der Waals surface area contributed by atoms with Gasteiger partial charge in [-0.05, 0) is 12.1 Å². The minimum atomic E-state index is 0.119. The molecule has 0 aromatic heterocycles. The van der Waals surface area contributed by atoms with Crippen LogP contribution in [0.3, 0.4) is 0 Å². The average Bonchev–Trinajstić information content (AvgIpc) is 2.57. The lowest BCUT2D eigenvalue weighted by Crippen LogP contribution is -2.42. The minimum absolute atomic E-state index is 0.119. The molecule has 1 aromatic carbocycles. The summed E-state index contributed by atoms with van der Waals surface area (Å²) in [6.45, 7) is 5.49. The lowest BCUT2D eigenvalue weighted by molar-refractivity contribution is 0.123. The van der Waals surface area contributed by atoms with Crippen molar-refractivity contribution in [2.75, 3.05) is 55.8 Å². The Balaban J connectivity index is 1.80. The predicted octanol–water partition coefficient (Wildman–Crippen LogP) is 0.691. The zero-order valence-electron chi connectivity index (χ0n) is 12.3. The lowest BCUT2D eigenvalue weighted by atomic mass is 10.2. The quantitative estimate of drug-likeness (QED) is 0.479. The summed E-state index contributed by atoms with van der Waals surface area (Å²) >= 11 is 0. The molecule has 3 N–H and O–H groups in total. The van der Waals surface area contributed by atoms with E-state index in [1.54, 1.807) is 0 Å². The van der Waals surface area contributed by atoms with Crippen LogP contribution in [0.2, 0.25) is 0 Å². The van der Waals surface area contributed by atoms with Gasteiger partial charge in [0.15, 0.2) is 0 Å². The number of aliphatic imine (C=N–C) groups is 1. The second-order valence-corrected chi connectivity index (χ2v) is 7.41. The average molecular weight is 307 g/mol. The first-order valence-electron chi connectivity index (χ1n) is 7.49. The van der Waals surface area contributed by atoms with Crippen LogP contribution in [0.4, 0.5) is 11.4 Å². The lowest BCUT2D eigenvalue weighted by Gasteiger charge is -2.29. The van der Waals surface area contributed by atoms with Crippen molar-refractivity contribution in [3.05, 3.63) is 24.3 Å². The van der Waals surface area contributed by atoms with Crippen molar-refractivity contribution >= 4 is 27.4 Å². The molecular formula is C15H23N4OS+. The molecule has 5 nitrogen and oxygen atoms in total. The van der Waals surface area contributed by atoms with Crippen molar-refractivity contribution in [2.24, 2.45) is 10.7 Å². The van der Waals surface area contributed by atoms with E-state index in [4.69, 9.17) is 15.5 Å². The third-order valence-electron chi connectivity index (χ3n) is 3.81. The molecule has 0 saturated carbocycles. The molecule has 6 heteroatoms. The Bertz CT molecular complexity index is 496. The van der Waals surface area contributed by atoms with Crippen LogP contribution in [0, 0.1) is 0 Å². The van der Waals surface area contributed by atoms with E-state index in [2.05, 4.69) is 28.4 Å². The number of anilines is 1. The SMILES string of the molecule is NC(=Nc1ccccc1N1CCOCC1)[S+]1CCNCC1. The highest BCUT2D eigenvalue weighted by molar-refractivity contribution is 8.11. The Morgan fingerprint density at radius 2 is 1.90 bits per heavy atom. The van der Waals surface area contributed by atoms with Gasteiger partial charge in [0.2, 0.25) is 0 Å². The highest BCUT2D eigenvalue weighted by atomic mass is 32.2. The maximum Gasteiger partial charge on any atom is 0.316 e. The van der Waals surface area contributed by atoms with E-state index < -0.39 is 0 Å². The standard InChI is InChI=1S/C15H23N4OS/c16-15(21-11-5-17-6-12-21)18-13-3-1-2-4-14(13)19-7-9-20-10-8-19/h1-4,17H,5-12H2,(H2,16,18)/q+1. The van der Waals surface area contributed by atoms with Gasteiger partial charge >= 0.3 is 5.17 Å². The number of benzene rings is 1. The molecule has 0 radical (unpaired) electrons. The van der Waals surface area contributed by atoms with E-state index >= 15 is 0 Å². The van der Waals surface area contributed by atoms with E-state index in [1.807, 2.05) is 6.07 Å². The van der Waals surface area contributed by atoms with Crippen LogP contribution in [0.25, 0.3) is 0 Å². The highest BCUT2D eigenvalue weighted by Gasteiger charge is 2.27. The van der Waals surface area contributed by atoms with Crippen molar-refractivity contribution < 1.29 is 4.74 Å². The van der Waals surface area contributed by atoms with Gasteiger partial charge in [0.25, 0.3) is 0 Å². The highest BCUT2D eigenvalue weighted by Crippen LogP contribution is 2.29. The van der Waals surface area contributed by atoms with Gasteiger partial charge in [-0.3, -0.25) is 0 Å². The first-order valence-corrected chi connectivity index (χ1v) is 9.05. The van der Waals surface area contributed by atoms with Crippen LogP contribution in [0.5, 0.6) is 0 Å². The minimum Gasteiger partial charge on any atom is -0.378 e. The molecule has 0 spiro atoms. The number of nitrogens with zero attached hydrogens (tertiary/aromatic N) is 2. The molecule has 1 aromatic rings. The summed E-state index contributed by atoms with van der Waals surface area (Å²) in [5.41, 5.74) is 8.43. The molecule has 0 aliphatic carbocycles. The molecular weight excluding hydrogens is 284 g/mol. The van der Waals surface area contributed by atoms with Gasteiger partial charge in [-0.1, -0.05) is 12.1 Å². The van der Waals surface area contributed by atoms with Gasteiger partial charge in [-0.2, -0.15) is 4.99 Å². The van der Waals surface area contributed by atoms with E-state index in [1.165, 1.54) is 5.69 Å². The molecule has 2 aliphatic rings. The van der Waals surface area contributed by atoms with Crippen LogP contribution in [-0.4, -0.2) is 56.1 Å². The Morgan fingerprint density at radius 1 is 1.19 bits per heavy atom. The number of hydrogen-bond acceptors (Lipinski definition) is 4. The van der Waals surface area contributed by atoms with Crippen molar-refractivity contribution in [3.63, 3.8) is 0 Å². The number of nitrogens with two attached hydrogens (primary N) is 1. The van der Waals surface area contributed by atoms with E-state index in [0.29, 0.717) is 0 Å². The van der Waals surface area contributed by atoms with Crippen molar-refractivity contribution in [1.82, 2.24) is 5.32 Å². The molecule has 21 heavy (non-hydrogen) atoms. The van der Waals surface area contributed by atoms with Crippen LogP contribution in [0.1, 0.15) is 0 Å². The van der Waals surface area contributed by atoms with Crippen molar-refractivity contribution in [3.8, 4) is 0 Å². The summed E-state index contributed by atoms with van der Waals surface area (Å²) in [6, 6.07) is 8.28. The summed E-state index contributed by atoms with van der Waals surface area (Å²) < 4.78 is 5.43. The number of morpholine rings is 1. The molecule has 2 fully saturated rings. The number of nitrogens with one attached hydrogen (secondary N) is 1. The Labute approximate surface area is 128 Å². The van der Waals surface area contributed by atoms with Gasteiger partial charge < -0.3 is 20.7 Å². The zero-order chi connectivity index (χ0) is 14.5. The van der Waals surface area contributed by atoms with Crippen molar-refractivity contribution in [1.29, 1.82) is 0 Å². The first-order chi connectivity index (χ1) is 10.3. The molecule has 2 heterocycles. The third-order valence-corrected chi connectivity index (χ3v) is 5.89. The van der Waals surface area contributed by atoms with E-state index in [9.17, 15) is 0 Å². The summed E-state index contributed by atoms with van der Waals surface area (Å²) in [5.74, 6) is 2.21. The fourth-order valence-corrected chi connectivity index (χ4v) is 4.27. The molecule has 2 saturated heterocycles. The smallest absolute Gasteiger partial charge is 0.316 e. The second kappa shape index (κ2) is 7.15.